The monoisotopic (exact) mass is 340 g/mol. The van der Waals surface area contributed by atoms with Crippen molar-refractivity contribution < 1.29 is 9.53 Å². The molecule has 0 amide bonds. The molecular formula is C22H44O2. The van der Waals surface area contributed by atoms with E-state index < -0.39 is 0 Å². The predicted octanol–water partition coefficient (Wildman–Crippen LogP) is 7.59. The fourth-order valence-electron chi connectivity index (χ4n) is 3.01. The van der Waals surface area contributed by atoms with Crippen LogP contribution in [0.25, 0.3) is 0 Å². The molecule has 0 aliphatic rings. The highest BCUT2D eigenvalue weighted by molar-refractivity contribution is 5.69. The molecule has 0 saturated carbocycles. The molecule has 1 atom stereocenters. The lowest BCUT2D eigenvalue weighted by Gasteiger charge is -2.10. The summed E-state index contributed by atoms with van der Waals surface area (Å²) in [6, 6.07) is 0. The van der Waals surface area contributed by atoms with E-state index in [1.165, 1.54) is 89.9 Å². The maximum absolute atomic E-state index is 11.5. The molecule has 0 heterocycles. The lowest BCUT2D eigenvalue weighted by molar-refractivity contribution is -0.148. The van der Waals surface area contributed by atoms with Crippen LogP contribution in [0.2, 0.25) is 0 Å². The van der Waals surface area contributed by atoms with Crippen LogP contribution in [0.3, 0.4) is 0 Å². The van der Waals surface area contributed by atoms with Crippen molar-refractivity contribution >= 4 is 5.97 Å². The van der Waals surface area contributed by atoms with Crippen molar-refractivity contribution in [2.45, 2.75) is 136 Å². The number of carbonyl (C=O) groups excluding carboxylic acids is 1. The van der Waals surface area contributed by atoms with Crippen LogP contribution in [0, 0.1) is 0 Å². The van der Waals surface area contributed by atoms with E-state index in [-0.39, 0.29) is 12.1 Å². The fourth-order valence-corrected chi connectivity index (χ4v) is 3.01. The summed E-state index contributed by atoms with van der Waals surface area (Å²) >= 11 is 0. The molecule has 144 valence electrons. The first-order valence-electron chi connectivity index (χ1n) is 10.9. The van der Waals surface area contributed by atoms with Gasteiger partial charge >= 0.3 is 5.97 Å². The topological polar surface area (TPSA) is 26.3 Å². The zero-order valence-corrected chi connectivity index (χ0v) is 16.9. The molecule has 0 saturated heterocycles. The fraction of sp³-hybridized carbons (Fsp3) is 0.955. The average molecular weight is 341 g/mol. The van der Waals surface area contributed by atoms with Gasteiger partial charge in [-0.2, -0.15) is 0 Å². The lowest BCUT2D eigenvalue weighted by atomic mass is 10.0. The summed E-state index contributed by atoms with van der Waals surface area (Å²) < 4.78 is 5.28. The van der Waals surface area contributed by atoms with E-state index in [2.05, 4.69) is 6.92 Å². The zero-order chi connectivity index (χ0) is 17.9. The Labute approximate surface area is 152 Å². The number of carbonyl (C=O) groups is 1. The molecule has 0 aliphatic carbocycles. The van der Waals surface area contributed by atoms with Crippen LogP contribution in [0.4, 0.5) is 0 Å². The predicted molar refractivity (Wildman–Crippen MR) is 105 cm³/mol. The molecule has 2 heteroatoms. The van der Waals surface area contributed by atoms with Crippen LogP contribution < -0.4 is 0 Å². The summed E-state index contributed by atoms with van der Waals surface area (Å²) in [5.41, 5.74) is 0. The lowest BCUT2D eigenvalue weighted by Crippen LogP contribution is -2.13. The third-order valence-electron chi connectivity index (χ3n) is 4.89. The summed E-state index contributed by atoms with van der Waals surface area (Å²) in [5.74, 6) is -0.0148. The van der Waals surface area contributed by atoms with Gasteiger partial charge in [-0.25, -0.2) is 0 Å². The molecule has 0 fully saturated rings. The SMILES string of the molecule is CCCCCCCCCCCCCCCCCC(=O)O[C@H](C)CC. The van der Waals surface area contributed by atoms with Crippen molar-refractivity contribution in [1.82, 2.24) is 0 Å². The van der Waals surface area contributed by atoms with Gasteiger partial charge in [0.2, 0.25) is 0 Å². The molecule has 24 heavy (non-hydrogen) atoms. The second-order valence-corrected chi connectivity index (χ2v) is 7.41. The van der Waals surface area contributed by atoms with Gasteiger partial charge < -0.3 is 4.74 Å². The van der Waals surface area contributed by atoms with Gasteiger partial charge in [0.05, 0.1) is 6.10 Å². The quantitative estimate of drug-likeness (QED) is 0.190. The number of hydrogen-bond acceptors (Lipinski definition) is 2. The second-order valence-electron chi connectivity index (χ2n) is 7.41. The Morgan fingerprint density at radius 3 is 1.42 bits per heavy atom. The normalized spacial score (nSPS) is 12.3. The van der Waals surface area contributed by atoms with E-state index in [1.54, 1.807) is 0 Å². The number of unbranched alkanes of at least 4 members (excludes halogenated alkanes) is 14. The zero-order valence-electron chi connectivity index (χ0n) is 16.9. The van der Waals surface area contributed by atoms with E-state index in [4.69, 9.17) is 4.74 Å². The second kappa shape index (κ2) is 18.8. The Bertz CT molecular complexity index is 263. The highest BCUT2D eigenvalue weighted by Gasteiger charge is 2.06. The Hall–Kier alpha value is -0.530. The Kier molecular flexibility index (Phi) is 18.4. The Morgan fingerprint density at radius 1 is 0.667 bits per heavy atom. The molecule has 0 unspecified atom stereocenters. The van der Waals surface area contributed by atoms with Crippen LogP contribution >= 0.6 is 0 Å². The first-order chi connectivity index (χ1) is 11.7. The average Bonchev–Trinajstić information content (AvgIpc) is 2.58. The van der Waals surface area contributed by atoms with E-state index in [0.29, 0.717) is 6.42 Å². The molecule has 0 radical (unpaired) electrons. The Balaban J connectivity index is 3.11. The standard InChI is InChI=1S/C22H44O2/c1-4-6-7-8-9-10-11-12-13-14-15-16-17-18-19-20-22(23)24-21(3)5-2/h21H,4-20H2,1-3H3/t21-/m1/s1. The molecule has 2 nitrogen and oxygen atoms in total. The van der Waals surface area contributed by atoms with Crippen LogP contribution in [0.15, 0.2) is 0 Å². The maximum atomic E-state index is 11.5. The first kappa shape index (κ1) is 23.5. The minimum absolute atomic E-state index is 0.0148. The van der Waals surface area contributed by atoms with Gasteiger partial charge in [-0.1, -0.05) is 104 Å². The van der Waals surface area contributed by atoms with Gasteiger partial charge in [0.15, 0.2) is 0 Å². The van der Waals surface area contributed by atoms with Gasteiger partial charge in [-0.3, -0.25) is 4.79 Å². The van der Waals surface area contributed by atoms with E-state index in [1.807, 2.05) is 13.8 Å². The van der Waals surface area contributed by atoms with E-state index >= 15 is 0 Å². The minimum atomic E-state index is -0.0148. The van der Waals surface area contributed by atoms with Crippen molar-refractivity contribution in [2.24, 2.45) is 0 Å². The Morgan fingerprint density at radius 2 is 1.04 bits per heavy atom. The summed E-state index contributed by atoms with van der Waals surface area (Å²) in [6.07, 6.45) is 21.9. The van der Waals surface area contributed by atoms with E-state index in [0.717, 1.165) is 12.8 Å². The molecule has 0 aromatic carbocycles. The summed E-state index contributed by atoms with van der Waals surface area (Å²) in [6.45, 7) is 6.29. The van der Waals surface area contributed by atoms with Crippen molar-refractivity contribution in [2.75, 3.05) is 0 Å². The number of hydrogen-bond donors (Lipinski definition) is 0. The molecule has 0 aliphatic heterocycles. The van der Waals surface area contributed by atoms with Crippen molar-refractivity contribution in [3.8, 4) is 0 Å². The molecule has 0 N–H and O–H groups in total. The molecule has 0 bridgehead atoms. The van der Waals surface area contributed by atoms with Gasteiger partial charge in [-0.15, -0.1) is 0 Å². The smallest absolute Gasteiger partial charge is 0.306 e. The molecule has 0 aromatic rings. The third-order valence-corrected chi connectivity index (χ3v) is 4.89. The maximum Gasteiger partial charge on any atom is 0.306 e. The van der Waals surface area contributed by atoms with Gasteiger partial charge in [0.1, 0.15) is 0 Å². The summed E-state index contributed by atoms with van der Waals surface area (Å²) in [5, 5.41) is 0. The highest BCUT2D eigenvalue weighted by atomic mass is 16.5. The third kappa shape index (κ3) is 17.8. The minimum Gasteiger partial charge on any atom is -0.463 e. The molecular weight excluding hydrogens is 296 g/mol. The van der Waals surface area contributed by atoms with Crippen molar-refractivity contribution in [1.29, 1.82) is 0 Å². The number of ether oxygens (including phenoxy) is 1. The van der Waals surface area contributed by atoms with Crippen LogP contribution in [0.1, 0.15) is 130 Å². The molecule has 0 rings (SSSR count). The van der Waals surface area contributed by atoms with Gasteiger partial charge in [-0.05, 0) is 19.8 Å². The summed E-state index contributed by atoms with van der Waals surface area (Å²) in [7, 11) is 0. The largest absolute Gasteiger partial charge is 0.463 e. The highest BCUT2D eigenvalue weighted by Crippen LogP contribution is 2.14. The summed E-state index contributed by atoms with van der Waals surface area (Å²) in [4.78, 5) is 11.5. The van der Waals surface area contributed by atoms with Crippen LogP contribution in [-0.4, -0.2) is 12.1 Å². The molecule has 0 spiro atoms. The first-order valence-corrected chi connectivity index (χ1v) is 10.9. The van der Waals surface area contributed by atoms with Gasteiger partial charge in [0, 0.05) is 6.42 Å². The van der Waals surface area contributed by atoms with Crippen molar-refractivity contribution in [3.05, 3.63) is 0 Å². The van der Waals surface area contributed by atoms with Crippen LogP contribution in [0.5, 0.6) is 0 Å². The van der Waals surface area contributed by atoms with E-state index in [9.17, 15) is 4.79 Å². The molecule has 0 aromatic heterocycles. The number of rotatable bonds is 18. The van der Waals surface area contributed by atoms with Gasteiger partial charge in [0.25, 0.3) is 0 Å². The van der Waals surface area contributed by atoms with Crippen LogP contribution in [-0.2, 0) is 9.53 Å². The van der Waals surface area contributed by atoms with Crippen molar-refractivity contribution in [3.63, 3.8) is 0 Å². The number of esters is 1.